The molecule has 1 heterocycles. The van der Waals surface area contributed by atoms with Crippen LogP contribution in [0.5, 0.6) is 5.75 Å². The van der Waals surface area contributed by atoms with E-state index < -0.39 is 17.6 Å². The van der Waals surface area contributed by atoms with Crippen molar-refractivity contribution in [3.8, 4) is 17.0 Å². The Bertz CT molecular complexity index is 1160. The number of rotatable bonds is 7. The van der Waals surface area contributed by atoms with E-state index in [1.165, 1.54) is 17.9 Å². The lowest BCUT2D eigenvalue weighted by atomic mass is 10.1. The van der Waals surface area contributed by atoms with E-state index in [0.717, 1.165) is 23.8 Å². The third-order valence-corrected chi connectivity index (χ3v) is 4.83. The number of hydrogen-bond donors (Lipinski definition) is 1. The van der Waals surface area contributed by atoms with Crippen molar-refractivity contribution in [2.45, 2.75) is 25.6 Å². The summed E-state index contributed by atoms with van der Waals surface area (Å²) in [7, 11) is 1.30. The summed E-state index contributed by atoms with van der Waals surface area (Å²) in [5.74, 6) is -0.399. The lowest BCUT2D eigenvalue weighted by Crippen LogP contribution is -2.23. The minimum Gasteiger partial charge on any atom is -0.495 e. The molecule has 0 aliphatic carbocycles. The minimum absolute atomic E-state index is 0.0291. The zero-order valence-electron chi connectivity index (χ0n) is 16.9. The maximum Gasteiger partial charge on any atom is 0.416 e. The molecule has 0 aliphatic heterocycles. The lowest BCUT2D eigenvalue weighted by Gasteiger charge is -2.14. The number of hydrogen-bond acceptors (Lipinski definition) is 4. The second-order valence-corrected chi connectivity index (χ2v) is 7.29. The predicted octanol–water partition coefficient (Wildman–Crippen LogP) is 5.01. The van der Waals surface area contributed by atoms with Gasteiger partial charge in [0.2, 0.25) is 5.91 Å². The second-order valence-electron chi connectivity index (χ2n) is 6.85. The van der Waals surface area contributed by atoms with E-state index >= 15 is 0 Å². The van der Waals surface area contributed by atoms with Crippen LogP contribution in [0.4, 0.5) is 18.9 Å². The SMILES string of the molecule is COc1ccc(C(F)(F)F)cc1NC(=O)CCCn1nc(-c2ccc(Cl)cc2)ccc1=O. The van der Waals surface area contributed by atoms with Gasteiger partial charge in [0.15, 0.2) is 0 Å². The van der Waals surface area contributed by atoms with E-state index in [0.29, 0.717) is 10.7 Å². The van der Waals surface area contributed by atoms with Gasteiger partial charge in [-0.05, 0) is 42.8 Å². The number of benzene rings is 2. The summed E-state index contributed by atoms with van der Waals surface area (Å²) in [6.07, 6.45) is -4.32. The maximum absolute atomic E-state index is 12.9. The molecule has 0 spiro atoms. The third kappa shape index (κ3) is 5.88. The van der Waals surface area contributed by atoms with Crippen LogP contribution < -0.4 is 15.6 Å². The topological polar surface area (TPSA) is 73.2 Å². The Hall–Kier alpha value is -3.33. The van der Waals surface area contributed by atoms with Crippen LogP contribution in [0.25, 0.3) is 11.3 Å². The van der Waals surface area contributed by atoms with E-state index in [1.807, 2.05) is 0 Å². The summed E-state index contributed by atoms with van der Waals surface area (Å²) in [4.78, 5) is 24.4. The van der Waals surface area contributed by atoms with Gasteiger partial charge in [-0.1, -0.05) is 23.7 Å². The summed E-state index contributed by atoms with van der Waals surface area (Å²) in [6.45, 7) is 0.160. The Morgan fingerprint density at radius 2 is 1.84 bits per heavy atom. The molecule has 6 nitrogen and oxygen atoms in total. The molecular weight excluding hydrogens is 447 g/mol. The van der Waals surface area contributed by atoms with Crippen molar-refractivity contribution in [1.82, 2.24) is 9.78 Å². The fourth-order valence-corrected chi connectivity index (χ4v) is 3.09. The Labute approximate surface area is 186 Å². The Morgan fingerprint density at radius 3 is 2.50 bits per heavy atom. The largest absolute Gasteiger partial charge is 0.495 e. The van der Waals surface area contributed by atoms with E-state index in [-0.39, 0.29) is 36.4 Å². The fourth-order valence-electron chi connectivity index (χ4n) is 2.97. The number of carbonyl (C=O) groups excluding carboxylic acids is 1. The first-order chi connectivity index (χ1) is 15.2. The summed E-state index contributed by atoms with van der Waals surface area (Å²) in [5.41, 5.74) is 0.0374. The number of ether oxygens (including phenoxy) is 1. The monoisotopic (exact) mass is 465 g/mol. The number of alkyl halides is 3. The summed E-state index contributed by atoms with van der Waals surface area (Å²) in [6, 6.07) is 12.8. The number of aromatic nitrogens is 2. The van der Waals surface area contributed by atoms with Crippen molar-refractivity contribution >= 4 is 23.2 Å². The first kappa shape index (κ1) is 23.3. The van der Waals surface area contributed by atoms with Gasteiger partial charge in [-0.2, -0.15) is 18.3 Å². The zero-order valence-corrected chi connectivity index (χ0v) is 17.7. The molecule has 3 rings (SSSR count). The van der Waals surface area contributed by atoms with Gasteiger partial charge in [0.05, 0.1) is 24.1 Å². The molecule has 0 radical (unpaired) electrons. The van der Waals surface area contributed by atoms with Crippen LogP contribution in [0, 0.1) is 0 Å². The molecule has 0 bridgehead atoms. The standard InChI is InChI=1S/C22H19ClF3N3O3/c1-32-19-10-6-15(22(24,25)26)13-18(19)27-20(30)3-2-12-29-21(31)11-9-17(28-29)14-4-7-16(23)8-5-14/h4-11,13H,2-3,12H2,1H3,(H,27,30). The maximum atomic E-state index is 12.9. The fraction of sp³-hybridized carbons (Fsp3) is 0.227. The molecule has 0 saturated heterocycles. The first-order valence-corrected chi connectivity index (χ1v) is 9.94. The smallest absolute Gasteiger partial charge is 0.416 e. The lowest BCUT2D eigenvalue weighted by molar-refractivity contribution is -0.137. The van der Waals surface area contributed by atoms with Crippen molar-refractivity contribution in [1.29, 1.82) is 0 Å². The molecule has 3 aromatic rings. The number of anilines is 1. The molecule has 10 heteroatoms. The summed E-state index contributed by atoms with van der Waals surface area (Å²) >= 11 is 5.88. The molecule has 0 fully saturated rings. The quantitative estimate of drug-likeness (QED) is 0.532. The van der Waals surface area contributed by atoms with E-state index in [1.54, 1.807) is 30.3 Å². The van der Waals surface area contributed by atoms with Crippen LogP contribution in [0.2, 0.25) is 5.02 Å². The molecule has 1 N–H and O–H groups in total. The molecule has 0 unspecified atom stereocenters. The highest BCUT2D eigenvalue weighted by Crippen LogP contribution is 2.35. The van der Waals surface area contributed by atoms with E-state index in [2.05, 4.69) is 10.4 Å². The molecule has 2 aromatic carbocycles. The molecule has 32 heavy (non-hydrogen) atoms. The number of halogens is 4. The van der Waals surface area contributed by atoms with Crippen LogP contribution in [-0.2, 0) is 17.5 Å². The van der Waals surface area contributed by atoms with Gasteiger partial charge in [-0.3, -0.25) is 9.59 Å². The molecule has 168 valence electrons. The zero-order chi connectivity index (χ0) is 23.3. The number of nitrogens with one attached hydrogen (secondary N) is 1. The highest BCUT2D eigenvalue weighted by atomic mass is 35.5. The first-order valence-electron chi connectivity index (χ1n) is 9.56. The average molecular weight is 466 g/mol. The van der Waals surface area contributed by atoms with Crippen LogP contribution in [0.3, 0.4) is 0 Å². The van der Waals surface area contributed by atoms with Crippen LogP contribution >= 0.6 is 11.6 Å². The van der Waals surface area contributed by atoms with E-state index in [4.69, 9.17) is 16.3 Å². The third-order valence-electron chi connectivity index (χ3n) is 4.58. The molecule has 0 atom stereocenters. The summed E-state index contributed by atoms with van der Waals surface area (Å²) < 4.78 is 45.1. The van der Waals surface area contributed by atoms with Crippen LogP contribution in [0.15, 0.2) is 59.4 Å². The Kier molecular flexibility index (Phi) is 7.19. The van der Waals surface area contributed by atoms with Crippen LogP contribution in [0.1, 0.15) is 18.4 Å². The molecule has 0 saturated carbocycles. The average Bonchev–Trinajstić information content (AvgIpc) is 2.75. The number of carbonyl (C=O) groups is 1. The van der Waals surface area contributed by atoms with Crippen molar-refractivity contribution < 1.29 is 22.7 Å². The molecular formula is C22H19ClF3N3O3. The highest BCUT2D eigenvalue weighted by Gasteiger charge is 2.31. The van der Waals surface area contributed by atoms with Gasteiger partial charge in [-0.15, -0.1) is 0 Å². The Morgan fingerprint density at radius 1 is 1.12 bits per heavy atom. The van der Waals surface area contributed by atoms with Gasteiger partial charge >= 0.3 is 6.18 Å². The van der Waals surface area contributed by atoms with Gasteiger partial charge in [0, 0.05) is 29.6 Å². The van der Waals surface area contributed by atoms with Crippen molar-refractivity contribution in [3.63, 3.8) is 0 Å². The number of nitrogens with zero attached hydrogens (tertiary/aromatic N) is 2. The molecule has 1 aromatic heterocycles. The van der Waals surface area contributed by atoms with Gasteiger partial charge in [0.25, 0.3) is 5.56 Å². The minimum atomic E-state index is -4.55. The normalized spacial score (nSPS) is 11.3. The second kappa shape index (κ2) is 9.86. The number of aryl methyl sites for hydroxylation is 1. The van der Waals surface area contributed by atoms with Gasteiger partial charge in [-0.25, -0.2) is 4.68 Å². The number of amides is 1. The van der Waals surface area contributed by atoms with Crippen LogP contribution in [-0.4, -0.2) is 22.8 Å². The predicted molar refractivity (Wildman–Crippen MR) is 115 cm³/mol. The van der Waals surface area contributed by atoms with Crippen molar-refractivity contribution in [2.75, 3.05) is 12.4 Å². The van der Waals surface area contributed by atoms with Gasteiger partial charge < -0.3 is 10.1 Å². The number of methoxy groups -OCH3 is 1. The molecule has 0 aliphatic rings. The van der Waals surface area contributed by atoms with Gasteiger partial charge in [0.1, 0.15) is 5.75 Å². The van der Waals surface area contributed by atoms with Crippen molar-refractivity contribution in [2.24, 2.45) is 0 Å². The molecule has 1 amide bonds. The summed E-state index contributed by atoms with van der Waals surface area (Å²) in [5, 5.41) is 7.31. The van der Waals surface area contributed by atoms with Crippen molar-refractivity contribution in [3.05, 3.63) is 75.5 Å². The highest BCUT2D eigenvalue weighted by molar-refractivity contribution is 6.30. The van der Waals surface area contributed by atoms with E-state index in [9.17, 15) is 22.8 Å². The Balaban J connectivity index is 1.65.